The molecule has 29 heavy (non-hydrogen) atoms. The molecule has 1 heterocycles. The highest BCUT2D eigenvalue weighted by atomic mass is 35.5. The molecular formula is C24H31ClN2O2. The van der Waals surface area contributed by atoms with E-state index in [0.717, 1.165) is 49.5 Å². The summed E-state index contributed by atoms with van der Waals surface area (Å²) in [6, 6.07) is 15.6. The highest BCUT2D eigenvalue weighted by molar-refractivity contribution is 6.31. The highest BCUT2D eigenvalue weighted by Gasteiger charge is 2.22. The quantitative estimate of drug-likeness (QED) is 0.732. The summed E-state index contributed by atoms with van der Waals surface area (Å²) in [6.45, 7) is 5.52. The molecule has 1 N–H and O–H groups in total. The lowest BCUT2D eigenvalue weighted by molar-refractivity contribution is 0.0749. The van der Waals surface area contributed by atoms with E-state index in [1.807, 2.05) is 55.3 Å². The second kappa shape index (κ2) is 10.2. The van der Waals surface area contributed by atoms with E-state index < -0.39 is 0 Å². The molecule has 1 unspecified atom stereocenters. The van der Waals surface area contributed by atoms with Crippen molar-refractivity contribution in [3.8, 4) is 0 Å². The monoisotopic (exact) mass is 414 g/mol. The molecule has 0 aliphatic carbocycles. The summed E-state index contributed by atoms with van der Waals surface area (Å²) in [4.78, 5) is 17.1. The third-order valence-corrected chi connectivity index (χ3v) is 6.29. The van der Waals surface area contributed by atoms with Crippen LogP contribution in [0.5, 0.6) is 0 Å². The van der Waals surface area contributed by atoms with Gasteiger partial charge < -0.3 is 14.9 Å². The van der Waals surface area contributed by atoms with Crippen LogP contribution in [0.4, 0.5) is 0 Å². The Kier molecular flexibility index (Phi) is 7.70. The van der Waals surface area contributed by atoms with Gasteiger partial charge >= 0.3 is 0 Å². The van der Waals surface area contributed by atoms with Crippen LogP contribution in [-0.2, 0) is 0 Å². The van der Waals surface area contributed by atoms with Crippen LogP contribution in [0.15, 0.2) is 48.5 Å². The van der Waals surface area contributed by atoms with Gasteiger partial charge in [-0.2, -0.15) is 0 Å². The van der Waals surface area contributed by atoms with Crippen molar-refractivity contribution in [1.82, 2.24) is 9.80 Å². The van der Waals surface area contributed by atoms with E-state index in [-0.39, 0.29) is 17.9 Å². The van der Waals surface area contributed by atoms with Gasteiger partial charge in [0.1, 0.15) is 0 Å². The van der Waals surface area contributed by atoms with Gasteiger partial charge in [0.05, 0.1) is 6.10 Å². The topological polar surface area (TPSA) is 43.8 Å². The number of halogens is 1. The molecule has 1 atom stereocenters. The minimum absolute atomic E-state index is 0.0439. The van der Waals surface area contributed by atoms with Crippen LogP contribution in [0.3, 0.4) is 0 Å². The Balaban J connectivity index is 1.71. The molecule has 4 nitrogen and oxygen atoms in total. The summed E-state index contributed by atoms with van der Waals surface area (Å²) < 4.78 is 0. The number of nitrogens with zero attached hydrogens (tertiary/aromatic N) is 2. The maximum Gasteiger partial charge on any atom is 0.253 e. The number of amides is 1. The van der Waals surface area contributed by atoms with Gasteiger partial charge in [-0.1, -0.05) is 41.9 Å². The third-order valence-electron chi connectivity index (χ3n) is 5.87. The van der Waals surface area contributed by atoms with Gasteiger partial charge in [-0.3, -0.25) is 4.79 Å². The molecular weight excluding hydrogens is 384 g/mol. The van der Waals surface area contributed by atoms with Gasteiger partial charge in [-0.05, 0) is 62.1 Å². The van der Waals surface area contributed by atoms with Crippen molar-refractivity contribution in [2.45, 2.75) is 38.2 Å². The first kappa shape index (κ1) is 21.8. The Hall–Kier alpha value is -1.88. The summed E-state index contributed by atoms with van der Waals surface area (Å²) in [5.74, 6) is 0.276. The van der Waals surface area contributed by atoms with Crippen molar-refractivity contribution in [3.63, 3.8) is 0 Å². The predicted molar refractivity (Wildman–Crippen MR) is 119 cm³/mol. The zero-order valence-corrected chi connectivity index (χ0v) is 18.1. The number of carbonyl (C=O) groups excluding carboxylic acids is 1. The summed E-state index contributed by atoms with van der Waals surface area (Å²) >= 11 is 6.24. The van der Waals surface area contributed by atoms with Gasteiger partial charge in [0.2, 0.25) is 0 Å². The first-order valence-corrected chi connectivity index (χ1v) is 10.8. The lowest BCUT2D eigenvalue weighted by Crippen LogP contribution is -2.38. The number of hydrogen-bond acceptors (Lipinski definition) is 3. The van der Waals surface area contributed by atoms with Crippen molar-refractivity contribution in [2.24, 2.45) is 0 Å². The number of aliphatic hydroxyl groups excluding tert-OH is 1. The Morgan fingerprint density at radius 3 is 2.55 bits per heavy atom. The van der Waals surface area contributed by atoms with E-state index in [9.17, 15) is 9.90 Å². The van der Waals surface area contributed by atoms with Crippen LogP contribution in [-0.4, -0.2) is 60.1 Å². The number of benzene rings is 2. The van der Waals surface area contributed by atoms with E-state index >= 15 is 0 Å². The van der Waals surface area contributed by atoms with Crippen LogP contribution in [0.25, 0.3) is 0 Å². The lowest BCUT2D eigenvalue weighted by atomic mass is 9.93. The number of aliphatic hydroxyl groups is 1. The van der Waals surface area contributed by atoms with Crippen LogP contribution in [0, 0.1) is 6.92 Å². The molecule has 1 saturated heterocycles. The standard InChI is InChI=1S/C24H31ClN2O2/c1-18-16-20(8-9-23(18)25)21(10-13-27-14-11-22(28)12-15-27)17-26(2)24(29)19-6-4-3-5-7-19/h3-9,16,21-22,28H,10-15,17H2,1-2H3. The average Bonchev–Trinajstić information content (AvgIpc) is 2.74. The molecule has 2 aromatic carbocycles. The van der Waals surface area contributed by atoms with Crippen molar-refractivity contribution in [3.05, 3.63) is 70.2 Å². The van der Waals surface area contributed by atoms with Crippen LogP contribution in [0.1, 0.15) is 46.7 Å². The van der Waals surface area contributed by atoms with Gasteiger partial charge in [0.25, 0.3) is 5.91 Å². The zero-order chi connectivity index (χ0) is 20.8. The smallest absolute Gasteiger partial charge is 0.253 e. The first-order valence-electron chi connectivity index (χ1n) is 10.4. The number of hydrogen-bond donors (Lipinski definition) is 1. The summed E-state index contributed by atoms with van der Waals surface area (Å²) in [7, 11) is 1.88. The number of rotatable bonds is 7. The largest absolute Gasteiger partial charge is 0.393 e. The summed E-state index contributed by atoms with van der Waals surface area (Å²) in [6.07, 6.45) is 2.49. The van der Waals surface area contributed by atoms with Crippen molar-refractivity contribution in [1.29, 1.82) is 0 Å². The maximum atomic E-state index is 12.8. The first-order chi connectivity index (χ1) is 13.9. The summed E-state index contributed by atoms with van der Waals surface area (Å²) in [5.41, 5.74) is 3.00. The molecule has 0 radical (unpaired) electrons. The van der Waals surface area contributed by atoms with Gasteiger partial charge in [-0.15, -0.1) is 0 Å². The van der Waals surface area contributed by atoms with E-state index in [4.69, 9.17) is 11.6 Å². The molecule has 156 valence electrons. The fourth-order valence-electron chi connectivity index (χ4n) is 3.98. The normalized spacial score (nSPS) is 16.6. The Labute approximate surface area is 179 Å². The van der Waals surface area contributed by atoms with Crippen molar-refractivity contribution < 1.29 is 9.90 Å². The molecule has 0 spiro atoms. The second-order valence-corrected chi connectivity index (χ2v) is 8.53. The molecule has 1 aliphatic heterocycles. The lowest BCUT2D eigenvalue weighted by Gasteiger charge is -2.32. The third kappa shape index (κ3) is 6.05. The Morgan fingerprint density at radius 1 is 1.21 bits per heavy atom. The van der Waals surface area contributed by atoms with Crippen LogP contribution < -0.4 is 0 Å². The molecule has 3 rings (SSSR count). The van der Waals surface area contributed by atoms with Crippen LogP contribution >= 0.6 is 11.6 Å². The van der Waals surface area contributed by atoms with E-state index in [1.165, 1.54) is 5.56 Å². The SMILES string of the molecule is Cc1cc(C(CCN2CCC(O)CC2)CN(C)C(=O)c2ccccc2)ccc1Cl. The summed E-state index contributed by atoms with van der Waals surface area (Å²) in [5, 5.41) is 10.5. The fourth-order valence-corrected chi connectivity index (χ4v) is 4.10. The van der Waals surface area contributed by atoms with Crippen molar-refractivity contribution >= 4 is 17.5 Å². The minimum Gasteiger partial charge on any atom is -0.393 e. The maximum absolute atomic E-state index is 12.8. The van der Waals surface area contributed by atoms with E-state index in [0.29, 0.717) is 12.1 Å². The molecule has 1 amide bonds. The van der Waals surface area contributed by atoms with Gasteiger partial charge in [-0.25, -0.2) is 0 Å². The second-order valence-electron chi connectivity index (χ2n) is 8.12. The molecule has 1 aliphatic rings. The van der Waals surface area contributed by atoms with E-state index in [1.54, 1.807) is 0 Å². The van der Waals surface area contributed by atoms with E-state index in [2.05, 4.69) is 17.0 Å². The molecule has 0 bridgehead atoms. The van der Waals surface area contributed by atoms with Gasteiger partial charge in [0, 0.05) is 43.2 Å². The molecule has 0 saturated carbocycles. The van der Waals surface area contributed by atoms with Gasteiger partial charge in [0.15, 0.2) is 0 Å². The fraction of sp³-hybridized carbons (Fsp3) is 0.458. The minimum atomic E-state index is -0.157. The molecule has 0 aromatic heterocycles. The Bertz CT molecular complexity index is 804. The molecule has 1 fully saturated rings. The highest BCUT2D eigenvalue weighted by Crippen LogP contribution is 2.26. The zero-order valence-electron chi connectivity index (χ0n) is 17.4. The predicted octanol–water partition coefficient (Wildman–Crippen LogP) is 4.35. The number of likely N-dealkylation sites (N-methyl/N-ethyl adjacent to an activating group) is 1. The number of aryl methyl sites for hydroxylation is 1. The van der Waals surface area contributed by atoms with Crippen molar-refractivity contribution in [2.75, 3.05) is 33.2 Å². The Morgan fingerprint density at radius 2 is 1.90 bits per heavy atom. The number of likely N-dealkylation sites (tertiary alicyclic amines) is 1. The average molecular weight is 415 g/mol. The molecule has 2 aromatic rings. The molecule has 5 heteroatoms. The number of piperidine rings is 1. The number of carbonyl (C=O) groups is 1. The van der Waals surface area contributed by atoms with Crippen LogP contribution in [0.2, 0.25) is 5.02 Å².